The van der Waals surface area contributed by atoms with Gasteiger partial charge in [-0.1, -0.05) is 42.8 Å². The number of Topliss-reactive ketones (excluding diaryl/α,β-unsaturated/α-hetero) is 1. The van der Waals surface area contributed by atoms with Gasteiger partial charge < -0.3 is 4.90 Å². The molecule has 0 bridgehead atoms. The molecule has 110 valence electrons. The fraction of sp³-hybridized carbons (Fsp3) is 0.421. The second kappa shape index (κ2) is 6.30. The first-order valence-electron chi connectivity index (χ1n) is 8.05. The number of hydrogen-bond acceptors (Lipinski definition) is 2. The van der Waals surface area contributed by atoms with Crippen LogP contribution >= 0.6 is 0 Å². The first kappa shape index (κ1) is 14.1. The molecular weight excluding hydrogens is 258 g/mol. The van der Waals surface area contributed by atoms with Gasteiger partial charge in [-0.05, 0) is 31.2 Å². The molecule has 0 saturated heterocycles. The molecule has 0 heterocycles. The first-order valence-corrected chi connectivity index (χ1v) is 8.05. The molecule has 2 aromatic rings. The van der Waals surface area contributed by atoms with Crippen LogP contribution in [0, 0.1) is 5.92 Å². The summed E-state index contributed by atoms with van der Waals surface area (Å²) in [5.41, 5.74) is 1.26. The Balaban J connectivity index is 1.89. The van der Waals surface area contributed by atoms with Crippen molar-refractivity contribution in [3.63, 3.8) is 0 Å². The Morgan fingerprint density at radius 1 is 1.10 bits per heavy atom. The topological polar surface area (TPSA) is 20.3 Å². The molecule has 1 aliphatic carbocycles. The van der Waals surface area contributed by atoms with Crippen LogP contribution in [0.4, 0.5) is 5.69 Å². The van der Waals surface area contributed by atoms with E-state index < -0.39 is 0 Å². The van der Waals surface area contributed by atoms with Crippen molar-refractivity contribution in [3.05, 3.63) is 42.5 Å². The second-order valence-corrected chi connectivity index (χ2v) is 5.95. The van der Waals surface area contributed by atoms with Gasteiger partial charge in [-0.3, -0.25) is 4.79 Å². The molecule has 1 fully saturated rings. The Bertz CT molecular complexity index is 629. The third-order valence-electron chi connectivity index (χ3n) is 4.61. The zero-order valence-electron chi connectivity index (χ0n) is 12.7. The van der Waals surface area contributed by atoms with Gasteiger partial charge in [0.05, 0.1) is 0 Å². The maximum atomic E-state index is 12.1. The lowest BCUT2D eigenvalue weighted by atomic mass is 9.87. The highest BCUT2D eigenvalue weighted by molar-refractivity contribution is 5.94. The van der Waals surface area contributed by atoms with Gasteiger partial charge in [-0.25, -0.2) is 0 Å². The van der Waals surface area contributed by atoms with Crippen LogP contribution in [-0.2, 0) is 4.79 Å². The van der Waals surface area contributed by atoms with Crippen molar-refractivity contribution < 1.29 is 4.79 Å². The van der Waals surface area contributed by atoms with Gasteiger partial charge in [0.15, 0.2) is 0 Å². The second-order valence-electron chi connectivity index (χ2n) is 5.95. The minimum atomic E-state index is 0.220. The van der Waals surface area contributed by atoms with E-state index in [4.69, 9.17) is 0 Å². The summed E-state index contributed by atoms with van der Waals surface area (Å²) in [5, 5.41) is 2.55. The Kier molecular flexibility index (Phi) is 4.23. The predicted octanol–water partition coefficient (Wildman–Crippen LogP) is 4.43. The smallest absolute Gasteiger partial charge is 0.137 e. The van der Waals surface area contributed by atoms with Gasteiger partial charge in [0.2, 0.25) is 0 Å². The number of anilines is 1. The summed E-state index contributed by atoms with van der Waals surface area (Å²) >= 11 is 0. The maximum Gasteiger partial charge on any atom is 0.137 e. The zero-order valence-corrected chi connectivity index (χ0v) is 12.7. The molecule has 0 aliphatic heterocycles. The van der Waals surface area contributed by atoms with Crippen molar-refractivity contribution in [2.24, 2.45) is 5.92 Å². The van der Waals surface area contributed by atoms with E-state index in [0.29, 0.717) is 5.78 Å². The molecule has 0 spiro atoms. The lowest BCUT2D eigenvalue weighted by molar-refractivity contribution is -0.124. The minimum Gasteiger partial charge on any atom is -0.371 e. The van der Waals surface area contributed by atoms with Crippen molar-refractivity contribution in [1.29, 1.82) is 0 Å². The fourth-order valence-corrected chi connectivity index (χ4v) is 3.40. The average Bonchev–Trinajstić information content (AvgIpc) is 2.54. The SMILES string of the molecule is CCN(CC1CCCCC1=O)c1cccc2ccccc12. The van der Waals surface area contributed by atoms with Gasteiger partial charge in [0, 0.05) is 36.5 Å². The Hall–Kier alpha value is -1.83. The molecule has 0 N–H and O–H groups in total. The molecule has 2 heteroatoms. The van der Waals surface area contributed by atoms with Gasteiger partial charge in [-0.15, -0.1) is 0 Å². The Morgan fingerprint density at radius 2 is 1.90 bits per heavy atom. The van der Waals surface area contributed by atoms with E-state index in [-0.39, 0.29) is 5.92 Å². The molecule has 1 unspecified atom stereocenters. The molecule has 21 heavy (non-hydrogen) atoms. The highest BCUT2D eigenvalue weighted by Crippen LogP contribution is 2.29. The number of fused-ring (bicyclic) bond motifs is 1. The summed E-state index contributed by atoms with van der Waals surface area (Å²) in [4.78, 5) is 14.5. The monoisotopic (exact) mass is 281 g/mol. The molecule has 1 aliphatic rings. The first-order chi connectivity index (χ1) is 10.3. The summed E-state index contributed by atoms with van der Waals surface area (Å²) in [6, 6.07) is 14.9. The molecule has 2 nitrogen and oxygen atoms in total. The molecule has 2 aromatic carbocycles. The van der Waals surface area contributed by atoms with Crippen LogP contribution < -0.4 is 4.90 Å². The number of carbonyl (C=O) groups excluding carboxylic acids is 1. The van der Waals surface area contributed by atoms with Gasteiger partial charge in [0.1, 0.15) is 5.78 Å². The number of ketones is 1. The number of hydrogen-bond donors (Lipinski definition) is 0. The van der Waals surface area contributed by atoms with Crippen LogP contribution in [0.2, 0.25) is 0 Å². The van der Waals surface area contributed by atoms with Crippen molar-refractivity contribution in [2.45, 2.75) is 32.6 Å². The van der Waals surface area contributed by atoms with Crippen molar-refractivity contribution in [1.82, 2.24) is 0 Å². The van der Waals surface area contributed by atoms with Crippen LogP contribution in [0.1, 0.15) is 32.6 Å². The maximum absolute atomic E-state index is 12.1. The van der Waals surface area contributed by atoms with Crippen LogP contribution in [0.3, 0.4) is 0 Å². The Morgan fingerprint density at radius 3 is 2.71 bits per heavy atom. The molecule has 1 saturated carbocycles. The molecule has 0 radical (unpaired) electrons. The van der Waals surface area contributed by atoms with Crippen LogP contribution in [0.5, 0.6) is 0 Å². The van der Waals surface area contributed by atoms with E-state index in [9.17, 15) is 4.79 Å². The van der Waals surface area contributed by atoms with Crippen molar-refractivity contribution in [2.75, 3.05) is 18.0 Å². The van der Waals surface area contributed by atoms with Crippen LogP contribution in [-0.4, -0.2) is 18.9 Å². The Labute approximate surface area is 126 Å². The summed E-state index contributed by atoms with van der Waals surface area (Å²) < 4.78 is 0. The van der Waals surface area contributed by atoms with E-state index in [1.165, 1.54) is 22.9 Å². The van der Waals surface area contributed by atoms with Gasteiger partial charge >= 0.3 is 0 Å². The van der Waals surface area contributed by atoms with Crippen molar-refractivity contribution in [3.8, 4) is 0 Å². The van der Waals surface area contributed by atoms with E-state index in [0.717, 1.165) is 32.4 Å². The quantitative estimate of drug-likeness (QED) is 0.826. The molecule has 1 atom stereocenters. The summed E-state index contributed by atoms with van der Waals surface area (Å²) in [6.07, 6.45) is 4.11. The average molecular weight is 281 g/mol. The number of rotatable bonds is 4. The number of nitrogens with zero attached hydrogens (tertiary/aromatic N) is 1. The van der Waals surface area contributed by atoms with Crippen LogP contribution in [0.25, 0.3) is 10.8 Å². The fourth-order valence-electron chi connectivity index (χ4n) is 3.40. The summed E-state index contributed by atoms with van der Waals surface area (Å²) in [7, 11) is 0. The third-order valence-corrected chi connectivity index (χ3v) is 4.61. The highest BCUT2D eigenvalue weighted by atomic mass is 16.1. The van der Waals surface area contributed by atoms with Gasteiger partial charge in [0.25, 0.3) is 0 Å². The van der Waals surface area contributed by atoms with Crippen LogP contribution in [0.15, 0.2) is 42.5 Å². The molecule has 0 amide bonds. The summed E-state index contributed by atoms with van der Waals surface area (Å²) in [6.45, 7) is 3.98. The lowest BCUT2D eigenvalue weighted by Gasteiger charge is -2.30. The lowest BCUT2D eigenvalue weighted by Crippen LogP contribution is -2.34. The summed E-state index contributed by atoms with van der Waals surface area (Å²) in [5.74, 6) is 0.678. The zero-order chi connectivity index (χ0) is 14.7. The number of carbonyl (C=O) groups is 1. The number of benzene rings is 2. The largest absolute Gasteiger partial charge is 0.371 e. The highest BCUT2D eigenvalue weighted by Gasteiger charge is 2.24. The third kappa shape index (κ3) is 2.94. The molecule has 3 rings (SSSR count). The van der Waals surface area contributed by atoms with E-state index in [2.05, 4.69) is 54.3 Å². The van der Waals surface area contributed by atoms with E-state index in [1.807, 2.05) is 0 Å². The van der Waals surface area contributed by atoms with E-state index in [1.54, 1.807) is 0 Å². The standard InChI is InChI=1S/C19H23NO/c1-2-20(14-16-9-4-6-13-19(16)21)18-12-7-10-15-8-3-5-11-17(15)18/h3,5,7-8,10-12,16H,2,4,6,9,13-14H2,1H3. The molecule has 0 aromatic heterocycles. The predicted molar refractivity (Wildman–Crippen MR) is 88.8 cm³/mol. The minimum absolute atomic E-state index is 0.220. The normalized spacial score (nSPS) is 18.9. The van der Waals surface area contributed by atoms with Crippen molar-refractivity contribution >= 4 is 22.2 Å². The van der Waals surface area contributed by atoms with Gasteiger partial charge in [-0.2, -0.15) is 0 Å². The molecular formula is C19H23NO. The van der Waals surface area contributed by atoms with E-state index >= 15 is 0 Å².